The summed E-state index contributed by atoms with van der Waals surface area (Å²) in [5, 5.41) is 5.44. The van der Waals surface area contributed by atoms with E-state index in [1.54, 1.807) is 43.3 Å². The van der Waals surface area contributed by atoms with Crippen LogP contribution in [0.25, 0.3) is 0 Å². The number of benzene rings is 2. The molecule has 2 aromatic carbocycles. The fourth-order valence-corrected chi connectivity index (χ4v) is 5.18. The van der Waals surface area contributed by atoms with E-state index in [0.717, 1.165) is 0 Å². The lowest BCUT2D eigenvalue weighted by Gasteiger charge is -2.31. The first-order valence-corrected chi connectivity index (χ1v) is 12.1. The molecular formula is C23H29N3O6S. The van der Waals surface area contributed by atoms with Gasteiger partial charge in [0.05, 0.1) is 30.7 Å². The zero-order chi connectivity index (χ0) is 24.0. The number of para-hydroxylation sites is 2. The highest BCUT2D eigenvalue weighted by atomic mass is 32.2. The van der Waals surface area contributed by atoms with E-state index in [0.29, 0.717) is 36.6 Å². The highest BCUT2D eigenvalue weighted by Crippen LogP contribution is 2.26. The monoisotopic (exact) mass is 475 g/mol. The predicted molar refractivity (Wildman–Crippen MR) is 124 cm³/mol. The van der Waals surface area contributed by atoms with Crippen molar-refractivity contribution in [3.63, 3.8) is 0 Å². The third-order valence-corrected chi connectivity index (χ3v) is 7.45. The van der Waals surface area contributed by atoms with Crippen molar-refractivity contribution in [3.05, 3.63) is 48.5 Å². The Morgan fingerprint density at radius 2 is 1.76 bits per heavy atom. The zero-order valence-corrected chi connectivity index (χ0v) is 19.7. The van der Waals surface area contributed by atoms with Gasteiger partial charge in [-0.15, -0.1) is 0 Å². The summed E-state index contributed by atoms with van der Waals surface area (Å²) in [6.07, 6.45) is 1.09. The Hall–Kier alpha value is -3.11. The van der Waals surface area contributed by atoms with Gasteiger partial charge in [0.15, 0.2) is 0 Å². The van der Waals surface area contributed by atoms with Crippen LogP contribution in [0.4, 0.5) is 5.69 Å². The Labute approximate surface area is 194 Å². The summed E-state index contributed by atoms with van der Waals surface area (Å²) in [6.45, 7) is 1.97. The van der Waals surface area contributed by atoms with Crippen molar-refractivity contribution in [3.8, 4) is 11.5 Å². The molecule has 1 saturated heterocycles. The zero-order valence-electron chi connectivity index (χ0n) is 18.9. The number of nitrogens with one attached hydrogen (secondary N) is 2. The van der Waals surface area contributed by atoms with Gasteiger partial charge in [0.25, 0.3) is 0 Å². The smallest absolute Gasteiger partial charge is 0.246 e. The third kappa shape index (κ3) is 5.82. The number of carbonyl (C=O) groups is 2. The normalized spacial score (nSPS) is 17.6. The maximum absolute atomic E-state index is 13.0. The van der Waals surface area contributed by atoms with Crippen LogP contribution in [-0.2, 0) is 19.6 Å². The fraction of sp³-hybridized carbons (Fsp3) is 0.391. The summed E-state index contributed by atoms with van der Waals surface area (Å²) in [6, 6.07) is 12.3. The number of rotatable bonds is 8. The van der Waals surface area contributed by atoms with Crippen LogP contribution in [0.5, 0.6) is 11.5 Å². The van der Waals surface area contributed by atoms with Gasteiger partial charge in [-0.1, -0.05) is 12.1 Å². The van der Waals surface area contributed by atoms with Crippen LogP contribution in [-0.4, -0.2) is 57.9 Å². The van der Waals surface area contributed by atoms with Crippen LogP contribution in [0.2, 0.25) is 0 Å². The number of piperidine rings is 1. The minimum Gasteiger partial charge on any atom is -0.497 e. The maximum Gasteiger partial charge on any atom is 0.246 e. The molecule has 1 aliphatic rings. The summed E-state index contributed by atoms with van der Waals surface area (Å²) in [4.78, 5) is 25.5. The van der Waals surface area contributed by atoms with Crippen molar-refractivity contribution < 1.29 is 27.5 Å². The fourth-order valence-electron chi connectivity index (χ4n) is 3.66. The van der Waals surface area contributed by atoms with Crippen LogP contribution < -0.4 is 20.1 Å². The number of nitrogens with zero attached hydrogens (tertiary/aromatic N) is 1. The first-order chi connectivity index (χ1) is 15.8. The van der Waals surface area contributed by atoms with Crippen molar-refractivity contribution in [1.82, 2.24) is 9.62 Å². The average Bonchev–Trinajstić information content (AvgIpc) is 2.84. The molecule has 0 aliphatic carbocycles. The van der Waals surface area contributed by atoms with Gasteiger partial charge in [-0.2, -0.15) is 4.31 Å². The van der Waals surface area contributed by atoms with Crippen molar-refractivity contribution in [2.24, 2.45) is 5.92 Å². The van der Waals surface area contributed by atoms with Crippen LogP contribution in [0, 0.1) is 5.92 Å². The third-order valence-electron chi connectivity index (χ3n) is 5.57. The molecule has 2 atom stereocenters. The Morgan fingerprint density at radius 3 is 2.42 bits per heavy atom. The second-order valence-electron chi connectivity index (χ2n) is 7.80. The average molecular weight is 476 g/mol. The number of hydrogen-bond donors (Lipinski definition) is 2. The van der Waals surface area contributed by atoms with Gasteiger partial charge < -0.3 is 20.1 Å². The standard InChI is InChI=1S/C23H29N3O6S/c1-16(22(27)25-20-8-4-5-9-21(20)32-3)24-23(28)17-7-6-14-26(15-17)33(29,30)19-12-10-18(31-2)11-13-19/h4-5,8-13,16-17H,6-7,14-15H2,1-3H3,(H,24,28)(H,25,27)/t16-,17-/m0/s1. The number of ether oxygens (including phenoxy) is 2. The Balaban J connectivity index is 1.62. The molecule has 33 heavy (non-hydrogen) atoms. The first kappa shape index (κ1) is 24.5. The second-order valence-corrected chi connectivity index (χ2v) is 9.74. The topological polar surface area (TPSA) is 114 Å². The number of hydrogen-bond acceptors (Lipinski definition) is 6. The van der Waals surface area contributed by atoms with E-state index in [-0.39, 0.29) is 17.3 Å². The van der Waals surface area contributed by atoms with Crippen molar-refractivity contribution in [2.75, 3.05) is 32.6 Å². The second kappa shape index (κ2) is 10.7. The molecule has 1 fully saturated rings. The van der Waals surface area contributed by atoms with E-state index in [1.807, 2.05) is 0 Å². The highest BCUT2D eigenvalue weighted by molar-refractivity contribution is 7.89. The van der Waals surface area contributed by atoms with Gasteiger partial charge >= 0.3 is 0 Å². The van der Waals surface area contributed by atoms with Crippen LogP contribution in [0.1, 0.15) is 19.8 Å². The Morgan fingerprint density at radius 1 is 1.06 bits per heavy atom. The molecule has 1 heterocycles. The molecule has 0 radical (unpaired) electrons. The quantitative estimate of drug-likeness (QED) is 0.605. The Bertz CT molecular complexity index is 1090. The number of amides is 2. The highest BCUT2D eigenvalue weighted by Gasteiger charge is 2.34. The number of carbonyl (C=O) groups excluding carboxylic acids is 2. The van der Waals surface area contributed by atoms with Crippen LogP contribution in [0.3, 0.4) is 0 Å². The van der Waals surface area contributed by atoms with Crippen LogP contribution in [0.15, 0.2) is 53.4 Å². The first-order valence-electron chi connectivity index (χ1n) is 10.6. The van der Waals surface area contributed by atoms with E-state index in [2.05, 4.69) is 10.6 Å². The molecule has 0 aromatic heterocycles. The molecule has 9 nitrogen and oxygen atoms in total. The van der Waals surface area contributed by atoms with Gasteiger partial charge in [-0.05, 0) is 56.2 Å². The lowest BCUT2D eigenvalue weighted by atomic mass is 9.98. The summed E-state index contributed by atoms with van der Waals surface area (Å²) < 4.78 is 37.7. The van der Waals surface area contributed by atoms with Gasteiger partial charge in [-0.3, -0.25) is 9.59 Å². The van der Waals surface area contributed by atoms with Gasteiger partial charge in [-0.25, -0.2) is 8.42 Å². The lowest BCUT2D eigenvalue weighted by molar-refractivity contribution is -0.129. The van der Waals surface area contributed by atoms with Gasteiger partial charge in [0, 0.05) is 13.1 Å². The molecular weight excluding hydrogens is 446 g/mol. The summed E-state index contributed by atoms with van der Waals surface area (Å²) in [7, 11) is -0.728. The molecule has 178 valence electrons. The van der Waals surface area contributed by atoms with Crippen molar-refractivity contribution in [2.45, 2.75) is 30.7 Å². The largest absolute Gasteiger partial charge is 0.497 e. The molecule has 2 N–H and O–H groups in total. The number of anilines is 1. The SMILES string of the molecule is COc1ccc(S(=O)(=O)N2CCC[C@H](C(=O)N[C@@H](C)C(=O)Nc3ccccc3OC)C2)cc1. The minimum absolute atomic E-state index is 0.0566. The van der Waals surface area contributed by atoms with Crippen molar-refractivity contribution in [1.29, 1.82) is 0 Å². The number of methoxy groups -OCH3 is 2. The minimum atomic E-state index is -3.74. The summed E-state index contributed by atoms with van der Waals surface area (Å²) in [5.41, 5.74) is 0.500. The molecule has 1 aliphatic heterocycles. The molecule has 10 heteroatoms. The molecule has 2 aromatic rings. The van der Waals surface area contributed by atoms with Crippen LogP contribution >= 0.6 is 0 Å². The van der Waals surface area contributed by atoms with E-state index >= 15 is 0 Å². The van der Waals surface area contributed by atoms with E-state index in [4.69, 9.17) is 9.47 Å². The molecule has 0 spiro atoms. The molecule has 0 saturated carbocycles. The van der Waals surface area contributed by atoms with Gasteiger partial charge in [0.1, 0.15) is 17.5 Å². The number of sulfonamides is 1. The molecule has 0 bridgehead atoms. The lowest BCUT2D eigenvalue weighted by Crippen LogP contribution is -2.49. The van der Waals surface area contributed by atoms with Gasteiger partial charge in [0.2, 0.25) is 21.8 Å². The van der Waals surface area contributed by atoms with Crippen molar-refractivity contribution >= 4 is 27.5 Å². The maximum atomic E-state index is 13.0. The van der Waals surface area contributed by atoms with E-state index in [1.165, 1.54) is 30.7 Å². The predicted octanol–water partition coefficient (Wildman–Crippen LogP) is 2.25. The summed E-state index contributed by atoms with van der Waals surface area (Å²) >= 11 is 0. The summed E-state index contributed by atoms with van der Waals surface area (Å²) in [5.74, 6) is -0.228. The van der Waals surface area contributed by atoms with E-state index < -0.39 is 27.9 Å². The van der Waals surface area contributed by atoms with E-state index in [9.17, 15) is 18.0 Å². The molecule has 3 rings (SSSR count). The Kier molecular flexibility index (Phi) is 7.93. The molecule has 0 unspecified atom stereocenters. The molecule has 2 amide bonds.